The van der Waals surface area contributed by atoms with Gasteiger partial charge in [0.25, 0.3) is 5.69 Å². The van der Waals surface area contributed by atoms with Gasteiger partial charge in [-0.25, -0.2) is 4.79 Å². The first-order valence-corrected chi connectivity index (χ1v) is 8.39. The Labute approximate surface area is 168 Å². The summed E-state index contributed by atoms with van der Waals surface area (Å²) in [6.45, 7) is 0. The maximum Gasteiger partial charge on any atom is 0.337 e. The van der Waals surface area contributed by atoms with Crippen molar-refractivity contribution in [3.63, 3.8) is 0 Å². The highest BCUT2D eigenvalue weighted by atomic mass is 16.6. The minimum atomic E-state index is -0.742. The van der Waals surface area contributed by atoms with E-state index in [9.17, 15) is 25.0 Å². The van der Waals surface area contributed by atoms with Gasteiger partial charge in [-0.3, -0.25) is 25.7 Å². The van der Waals surface area contributed by atoms with Gasteiger partial charge >= 0.3 is 11.7 Å². The lowest BCUT2D eigenvalue weighted by molar-refractivity contribution is -0.393. The molecule has 1 aromatic heterocycles. The number of esters is 1. The minimum absolute atomic E-state index is 0.00738. The molecule has 0 aliphatic rings. The zero-order valence-corrected chi connectivity index (χ0v) is 15.5. The summed E-state index contributed by atoms with van der Waals surface area (Å²) in [5.74, 6) is 0.438. The molecule has 152 valence electrons. The van der Waals surface area contributed by atoms with Gasteiger partial charge in [-0.2, -0.15) is 5.10 Å². The van der Waals surface area contributed by atoms with E-state index in [1.165, 1.54) is 19.4 Å². The molecule has 3 aromatic rings. The van der Waals surface area contributed by atoms with Crippen LogP contribution in [-0.2, 0) is 4.74 Å². The standard InChI is InChI=1S/C19H14N4O7/c1-29-19(24)13-4-2-12(3-5-13)18-9-7-15(30-18)11-20-21-16-8-6-14(22(25)26)10-17(16)23(27)28/h2-11,21H,1H3/b20-11-. The van der Waals surface area contributed by atoms with Crippen LogP contribution in [0.15, 0.2) is 64.1 Å². The summed E-state index contributed by atoms with van der Waals surface area (Å²) in [6, 6.07) is 13.1. The number of methoxy groups -OCH3 is 1. The van der Waals surface area contributed by atoms with Crippen LogP contribution in [0, 0.1) is 20.2 Å². The van der Waals surface area contributed by atoms with Gasteiger partial charge in [0, 0.05) is 11.6 Å². The highest BCUT2D eigenvalue weighted by molar-refractivity contribution is 5.89. The lowest BCUT2D eigenvalue weighted by atomic mass is 10.1. The summed E-state index contributed by atoms with van der Waals surface area (Å²) >= 11 is 0. The van der Waals surface area contributed by atoms with Crippen molar-refractivity contribution >= 4 is 29.2 Å². The van der Waals surface area contributed by atoms with Gasteiger partial charge in [0.15, 0.2) is 0 Å². The second kappa shape index (κ2) is 8.65. The zero-order valence-electron chi connectivity index (χ0n) is 15.5. The number of hydrogen-bond donors (Lipinski definition) is 1. The summed E-state index contributed by atoms with van der Waals surface area (Å²) in [7, 11) is 1.30. The van der Waals surface area contributed by atoms with Crippen LogP contribution < -0.4 is 5.43 Å². The summed E-state index contributed by atoms with van der Waals surface area (Å²) in [6.07, 6.45) is 1.30. The highest BCUT2D eigenvalue weighted by Gasteiger charge is 2.19. The molecule has 0 fully saturated rings. The van der Waals surface area contributed by atoms with E-state index in [1.807, 2.05) is 0 Å². The summed E-state index contributed by atoms with van der Waals surface area (Å²) in [5, 5.41) is 25.8. The van der Waals surface area contributed by atoms with Gasteiger partial charge in [-0.05, 0) is 30.3 Å². The molecule has 0 aliphatic heterocycles. The Morgan fingerprint density at radius 3 is 2.43 bits per heavy atom. The van der Waals surface area contributed by atoms with E-state index in [0.29, 0.717) is 17.1 Å². The van der Waals surface area contributed by atoms with Crippen LogP contribution in [0.4, 0.5) is 17.1 Å². The number of nitrogens with zero attached hydrogens (tertiary/aromatic N) is 3. The Bertz CT molecular complexity index is 1140. The zero-order chi connectivity index (χ0) is 21.7. The van der Waals surface area contributed by atoms with Crippen LogP contribution in [0.1, 0.15) is 16.1 Å². The molecular weight excluding hydrogens is 396 g/mol. The third kappa shape index (κ3) is 4.47. The van der Waals surface area contributed by atoms with Gasteiger partial charge in [-0.15, -0.1) is 0 Å². The van der Waals surface area contributed by atoms with Crippen molar-refractivity contribution in [3.8, 4) is 11.3 Å². The second-order valence-electron chi connectivity index (χ2n) is 5.86. The Kier molecular flexibility index (Phi) is 5.82. The van der Waals surface area contributed by atoms with E-state index in [2.05, 4.69) is 15.3 Å². The lowest BCUT2D eigenvalue weighted by Crippen LogP contribution is -2.00. The third-order valence-corrected chi connectivity index (χ3v) is 3.98. The summed E-state index contributed by atoms with van der Waals surface area (Å²) in [4.78, 5) is 31.9. The van der Waals surface area contributed by atoms with Crippen molar-refractivity contribution in [1.82, 2.24) is 0 Å². The Hall–Kier alpha value is -4.54. The predicted octanol–water partition coefficient (Wildman–Crippen LogP) is 4.00. The van der Waals surface area contributed by atoms with Crippen LogP contribution >= 0.6 is 0 Å². The number of ether oxygens (including phenoxy) is 1. The molecule has 11 nitrogen and oxygen atoms in total. The topological polar surface area (TPSA) is 150 Å². The average molecular weight is 410 g/mol. The van der Waals surface area contributed by atoms with Crippen molar-refractivity contribution in [2.45, 2.75) is 0 Å². The number of nitrogens with one attached hydrogen (secondary N) is 1. The fourth-order valence-corrected chi connectivity index (χ4v) is 2.51. The van der Waals surface area contributed by atoms with Gasteiger partial charge < -0.3 is 9.15 Å². The summed E-state index contributed by atoms with van der Waals surface area (Å²) < 4.78 is 10.3. The molecule has 0 atom stereocenters. The van der Waals surface area contributed by atoms with Crippen molar-refractivity contribution in [3.05, 3.63) is 86.1 Å². The van der Waals surface area contributed by atoms with E-state index < -0.39 is 27.2 Å². The molecule has 30 heavy (non-hydrogen) atoms. The number of hydrogen-bond acceptors (Lipinski definition) is 9. The maximum absolute atomic E-state index is 11.5. The van der Waals surface area contributed by atoms with Crippen LogP contribution in [-0.4, -0.2) is 29.1 Å². The molecule has 0 aliphatic carbocycles. The van der Waals surface area contributed by atoms with Crippen molar-refractivity contribution in [2.24, 2.45) is 5.10 Å². The van der Waals surface area contributed by atoms with E-state index in [1.54, 1.807) is 36.4 Å². The van der Waals surface area contributed by atoms with Gasteiger partial charge in [-0.1, -0.05) is 12.1 Å². The first-order chi connectivity index (χ1) is 14.4. The van der Waals surface area contributed by atoms with Crippen molar-refractivity contribution in [2.75, 3.05) is 12.5 Å². The average Bonchev–Trinajstić information content (AvgIpc) is 3.22. The van der Waals surface area contributed by atoms with Gasteiger partial charge in [0.1, 0.15) is 17.2 Å². The normalized spacial score (nSPS) is 10.7. The maximum atomic E-state index is 11.5. The Morgan fingerprint density at radius 1 is 1.07 bits per heavy atom. The van der Waals surface area contributed by atoms with E-state index in [-0.39, 0.29) is 5.69 Å². The molecular formula is C19H14N4O7. The largest absolute Gasteiger partial charge is 0.465 e. The molecule has 3 rings (SSSR count). The molecule has 2 aromatic carbocycles. The number of non-ortho nitro benzene ring substituents is 1. The number of hydrazone groups is 1. The highest BCUT2D eigenvalue weighted by Crippen LogP contribution is 2.29. The molecule has 0 spiro atoms. The molecule has 0 saturated carbocycles. The quantitative estimate of drug-likeness (QED) is 0.266. The smallest absolute Gasteiger partial charge is 0.337 e. The molecule has 0 saturated heterocycles. The van der Waals surface area contributed by atoms with Gasteiger partial charge in [0.05, 0.1) is 34.8 Å². The molecule has 1 heterocycles. The number of benzene rings is 2. The number of carbonyl (C=O) groups is 1. The summed E-state index contributed by atoms with van der Waals surface area (Å²) in [5.41, 5.74) is 2.72. The first-order valence-electron chi connectivity index (χ1n) is 8.39. The first kappa shape index (κ1) is 20.2. The van der Waals surface area contributed by atoms with E-state index in [0.717, 1.165) is 17.7 Å². The Morgan fingerprint density at radius 2 is 1.80 bits per heavy atom. The molecule has 1 N–H and O–H groups in total. The lowest BCUT2D eigenvalue weighted by Gasteiger charge is -2.01. The molecule has 0 bridgehead atoms. The van der Waals surface area contributed by atoms with Crippen molar-refractivity contribution < 1.29 is 23.8 Å². The van der Waals surface area contributed by atoms with E-state index >= 15 is 0 Å². The number of nitro benzene ring substituents is 2. The SMILES string of the molecule is COC(=O)c1ccc(-c2ccc(/C=N\Nc3ccc([N+](=O)[O-])cc3[N+](=O)[O-])o2)cc1. The van der Waals surface area contributed by atoms with Crippen molar-refractivity contribution in [1.29, 1.82) is 0 Å². The molecule has 0 radical (unpaired) electrons. The molecule has 0 amide bonds. The Balaban J connectivity index is 1.73. The molecule has 0 unspecified atom stereocenters. The fraction of sp³-hybridized carbons (Fsp3) is 0.0526. The fourth-order valence-electron chi connectivity index (χ4n) is 2.51. The monoisotopic (exact) mass is 410 g/mol. The number of carbonyl (C=O) groups excluding carboxylic acids is 1. The predicted molar refractivity (Wildman–Crippen MR) is 106 cm³/mol. The second-order valence-corrected chi connectivity index (χ2v) is 5.86. The third-order valence-electron chi connectivity index (χ3n) is 3.98. The number of furan rings is 1. The minimum Gasteiger partial charge on any atom is -0.465 e. The molecule has 11 heteroatoms. The van der Waals surface area contributed by atoms with E-state index in [4.69, 9.17) is 4.42 Å². The van der Waals surface area contributed by atoms with Crippen LogP contribution in [0.5, 0.6) is 0 Å². The van der Waals surface area contributed by atoms with Crippen LogP contribution in [0.25, 0.3) is 11.3 Å². The number of anilines is 1. The van der Waals surface area contributed by atoms with Crippen LogP contribution in [0.2, 0.25) is 0 Å². The number of nitro groups is 2. The number of rotatable bonds is 7. The van der Waals surface area contributed by atoms with Gasteiger partial charge in [0.2, 0.25) is 0 Å². The van der Waals surface area contributed by atoms with Crippen LogP contribution in [0.3, 0.4) is 0 Å².